The molecule has 0 saturated carbocycles. The Morgan fingerprint density at radius 3 is 2.38 bits per heavy atom. The summed E-state index contributed by atoms with van der Waals surface area (Å²) in [6.07, 6.45) is 0.692. The molecule has 2 amide bonds. The van der Waals surface area contributed by atoms with E-state index in [9.17, 15) is 9.59 Å². The Bertz CT molecular complexity index is 1350. The van der Waals surface area contributed by atoms with E-state index < -0.39 is 0 Å². The van der Waals surface area contributed by atoms with Gasteiger partial charge in [0.15, 0.2) is 0 Å². The van der Waals surface area contributed by atoms with Crippen LogP contribution in [0.25, 0.3) is 11.3 Å². The second-order valence-electron chi connectivity index (χ2n) is 8.75. The summed E-state index contributed by atoms with van der Waals surface area (Å²) in [6, 6.07) is 24.9. The van der Waals surface area contributed by atoms with Gasteiger partial charge in [0.25, 0.3) is 11.8 Å². The molecule has 5 nitrogen and oxygen atoms in total. The van der Waals surface area contributed by atoms with Gasteiger partial charge in [-0.2, -0.15) is 0 Å². The fourth-order valence-corrected chi connectivity index (χ4v) is 4.27. The predicted molar refractivity (Wildman–Crippen MR) is 133 cm³/mol. The van der Waals surface area contributed by atoms with Crippen molar-refractivity contribution >= 4 is 17.5 Å². The largest absolute Gasteiger partial charge is 0.461 e. The minimum absolute atomic E-state index is 0.0437. The molecule has 1 aromatic heterocycles. The van der Waals surface area contributed by atoms with Crippen molar-refractivity contribution in [1.29, 1.82) is 0 Å². The highest BCUT2D eigenvalue weighted by Crippen LogP contribution is 2.31. The van der Waals surface area contributed by atoms with Gasteiger partial charge >= 0.3 is 0 Å². The Balaban J connectivity index is 1.28. The van der Waals surface area contributed by atoms with Crippen molar-refractivity contribution in [3.05, 3.63) is 112 Å². The third-order valence-electron chi connectivity index (χ3n) is 6.27. The summed E-state index contributed by atoms with van der Waals surface area (Å²) in [7, 11) is 0. The Morgan fingerprint density at radius 2 is 1.65 bits per heavy atom. The van der Waals surface area contributed by atoms with Crippen molar-refractivity contribution in [1.82, 2.24) is 4.90 Å². The molecule has 1 aliphatic rings. The highest BCUT2D eigenvalue weighted by molar-refractivity contribution is 6.05. The summed E-state index contributed by atoms with van der Waals surface area (Å²) in [5.74, 6) is 1.62. The molecule has 0 spiro atoms. The number of carbonyl (C=O) groups excluding carboxylic acids is 2. The van der Waals surface area contributed by atoms with Gasteiger partial charge in [0.1, 0.15) is 11.5 Å². The second kappa shape index (κ2) is 9.02. The van der Waals surface area contributed by atoms with E-state index in [0.717, 1.165) is 39.5 Å². The van der Waals surface area contributed by atoms with Crippen LogP contribution in [0.1, 0.15) is 43.2 Å². The molecule has 0 unspecified atom stereocenters. The van der Waals surface area contributed by atoms with Crippen LogP contribution < -0.4 is 5.32 Å². The van der Waals surface area contributed by atoms with E-state index in [2.05, 4.69) is 5.32 Å². The molecule has 1 aliphatic heterocycles. The van der Waals surface area contributed by atoms with Gasteiger partial charge in [-0.25, -0.2) is 0 Å². The fraction of sp³-hybridized carbons (Fsp3) is 0.172. The Labute approximate surface area is 199 Å². The molecule has 2 heterocycles. The number of nitrogens with zero attached hydrogens (tertiary/aromatic N) is 1. The first-order valence-electron chi connectivity index (χ1n) is 11.4. The first-order chi connectivity index (χ1) is 16.5. The van der Waals surface area contributed by atoms with Crippen molar-refractivity contribution in [3.63, 3.8) is 0 Å². The molecule has 0 aliphatic carbocycles. The summed E-state index contributed by atoms with van der Waals surface area (Å²) in [5, 5.41) is 2.95. The van der Waals surface area contributed by atoms with Gasteiger partial charge in [-0.15, -0.1) is 0 Å². The lowest BCUT2D eigenvalue weighted by molar-refractivity contribution is 0.0730. The van der Waals surface area contributed by atoms with Crippen LogP contribution in [0.2, 0.25) is 0 Å². The van der Waals surface area contributed by atoms with Gasteiger partial charge in [0, 0.05) is 47.5 Å². The molecule has 34 heavy (non-hydrogen) atoms. The molecule has 0 fully saturated rings. The second-order valence-corrected chi connectivity index (χ2v) is 8.75. The standard InChI is InChI=1S/C29H26N2O3/c1-19-7-9-22(10-8-19)29(33)31-16-15-26-23(18-31)17-27(34-26)21-11-13-24(14-12-21)30-28(32)25-6-4-3-5-20(25)2/h3-14,17H,15-16,18H2,1-2H3,(H,30,32). The number of hydrogen-bond donors (Lipinski definition) is 1. The lowest BCUT2D eigenvalue weighted by atomic mass is 10.1. The number of furan rings is 1. The quantitative estimate of drug-likeness (QED) is 0.414. The van der Waals surface area contributed by atoms with Crippen LogP contribution in [0.15, 0.2) is 83.3 Å². The van der Waals surface area contributed by atoms with E-state index in [0.29, 0.717) is 30.6 Å². The van der Waals surface area contributed by atoms with Crippen molar-refractivity contribution in [2.75, 3.05) is 11.9 Å². The maximum absolute atomic E-state index is 12.9. The molecule has 5 rings (SSSR count). The van der Waals surface area contributed by atoms with E-state index in [1.807, 2.05) is 97.6 Å². The van der Waals surface area contributed by atoms with Crippen LogP contribution in [0.4, 0.5) is 5.69 Å². The van der Waals surface area contributed by atoms with E-state index >= 15 is 0 Å². The zero-order valence-electron chi connectivity index (χ0n) is 19.3. The van der Waals surface area contributed by atoms with Crippen LogP contribution in [0, 0.1) is 13.8 Å². The topological polar surface area (TPSA) is 62.6 Å². The van der Waals surface area contributed by atoms with E-state index in [4.69, 9.17) is 4.42 Å². The number of amides is 2. The third-order valence-corrected chi connectivity index (χ3v) is 6.27. The number of carbonyl (C=O) groups is 2. The van der Waals surface area contributed by atoms with E-state index in [1.54, 1.807) is 0 Å². The average Bonchev–Trinajstić information content (AvgIpc) is 3.28. The molecule has 4 aromatic rings. The smallest absolute Gasteiger partial charge is 0.255 e. The Hall–Kier alpha value is -4.12. The SMILES string of the molecule is Cc1ccc(C(=O)N2CCc3oc(-c4ccc(NC(=O)c5ccccc5C)cc4)cc3C2)cc1. The van der Waals surface area contributed by atoms with Crippen molar-refractivity contribution in [2.24, 2.45) is 0 Å². The molecule has 0 saturated heterocycles. The summed E-state index contributed by atoms with van der Waals surface area (Å²) in [4.78, 5) is 27.3. The molecule has 0 radical (unpaired) electrons. The highest BCUT2D eigenvalue weighted by Gasteiger charge is 2.25. The maximum Gasteiger partial charge on any atom is 0.255 e. The molecule has 0 atom stereocenters. The van der Waals surface area contributed by atoms with Crippen molar-refractivity contribution < 1.29 is 14.0 Å². The van der Waals surface area contributed by atoms with Crippen LogP contribution in [0.5, 0.6) is 0 Å². The average molecular weight is 451 g/mol. The van der Waals surface area contributed by atoms with Gasteiger partial charge in [-0.3, -0.25) is 9.59 Å². The van der Waals surface area contributed by atoms with Gasteiger partial charge < -0.3 is 14.6 Å². The van der Waals surface area contributed by atoms with Gasteiger partial charge in [0.2, 0.25) is 0 Å². The third kappa shape index (κ3) is 4.37. The van der Waals surface area contributed by atoms with Crippen LogP contribution in [-0.2, 0) is 13.0 Å². The van der Waals surface area contributed by atoms with Crippen LogP contribution in [0.3, 0.4) is 0 Å². The monoisotopic (exact) mass is 450 g/mol. The molecular formula is C29H26N2O3. The number of hydrogen-bond acceptors (Lipinski definition) is 3. The molecular weight excluding hydrogens is 424 g/mol. The zero-order valence-corrected chi connectivity index (χ0v) is 19.3. The summed E-state index contributed by atoms with van der Waals surface area (Å²) >= 11 is 0. The number of fused-ring (bicyclic) bond motifs is 1. The maximum atomic E-state index is 12.9. The Kier molecular flexibility index (Phi) is 5.76. The number of aryl methyl sites for hydroxylation is 2. The van der Waals surface area contributed by atoms with Gasteiger partial charge in [-0.05, 0) is 67.9 Å². The summed E-state index contributed by atoms with van der Waals surface area (Å²) < 4.78 is 6.12. The lowest BCUT2D eigenvalue weighted by Gasteiger charge is -2.26. The predicted octanol–water partition coefficient (Wildman–Crippen LogP) is 6.01. The number of anilines is 1. The molecule has 0 bridgehead atoms. The minimum Gasteiger partial charge on any atom is -0.461 e. The summed E-state index contributed by atoms with van der Waals surface area (Å²) in [6.45, 7) is 5.11. The Morgan fingerprint density at radius 1 is 0.912 bits per heavy atom. The molecule has 1 N–H and O–H groups in total. The van der Waals surface area contributed by atoms with Gasteiger partial charge in [0.05, 0.1) is 0 Å². The van der Waals surface area contributed by atoms with Crippen molar-refractivity contribution in [2.45, 2.75) is 26.8 Å². The van der Waals surface area contributed by atoms with E-state index in [-0.39, 0.29) is 11.8 Å². The van der Waals surface area contributed by atoms with E-state index in [1.165, 1.54) is 0 Å². The summed E-state index contributed by atoms with van der Waals surface area (Å²) in [5.41, 5.74) is 6.14. The number of nitrogens with one attached hydrogen (secondary N) is 1. The number of benzene rings is 3. The van der Waals surface area contributed by atoms with Gasteiger partial charge in [-0.1, -0.05) is 35.9 Å². The van der Waals surface area contributed by atoms with Crippen LogP contribution in [-0.4, -0.2) is 23.3 Å². The highest BCUT2D eigenvalue weighted by atomic mass is 16.3. The minimum atomic E-state index is -0.127. The molecule has 3 aromatic carbocycles. The normalized spacial score (nSPS) is 12.8. The zero-order chi connectivity index (χ0) is 23.7. The molecule has 170 valence electrons. The fourth-order valence-electron chi connectivity index (χ4n) is 4.27. The number of rotatable bonds is 4. The van der Waals surface area contributed by atoms with Crippen LogP contribution >= 0.6 is 0 Å². The van der Waals surface area contributed by atoms with Crippen molar-refractivity contribution in [3.8, 4) is 11.3 Å². The first kappa shape index (κ1) is 21.7. The first-order valence-corrected chi connectivity index (χ1v) is 11.4. The molecule has 5 heteroatoms. The lowest BCUT2D eigenvalue weighted by Crippen LogP contribution is -2.35.